The number of anilines is 6. The van der Waals surface area contributed by atoms with E-state index in [4.69, 9.17) is 0 Å². The Kier molecular flexibility index (Phi) is 12.7. The van der Waals surface area contributed by atoms with Gasteiger partial charge in [-0.05, 0) is 128 Å². The van der Waals surface area contributed by atoms with Crippen LogP contribution in [-0.4, -0.2) is 15.8 Å². The van der Waals surface area contributed by atoms with Crippen molar-refractivity contribution < 1.29 is 0 Å². The molecule has 0 unspecified atom stereocenters. The second-order valence-electron chi connectivity index (χ2n) is 25.1. The molecule has 4 nitrogen and oxygen atoms in total. The van der Waals surface area contributed by atoms with Crippen LogP contribution in [0, 0.1) is 0 Å². The minimum absolute atomic E-state index is 0.241. The molecule has 2 aromatic heterocycles. The van der Waals surface area contributed by atoms with E-state index in [1.807, 2.05) is 0 Å². The number of fused-ring (bicyclic) bond motifs is 10. The molecule has 0 saturated heterocycles. The number of aromatic nitrogens is 2. The number of para-hydroxylation sites is 6. The first-order chi connectivity index (χ1) is 47.2. The lowest BCUT2D eigenvalue weighted by atomic mass is 9.33. The number of nitrogens with zero attached hydrogens (tertiary/aromatic N) is 4. The van der Waals surface area contributed by atoms with Crippen molar-refractivity contribution >= 4 is 101 Å². The molecule has 4 heterocycles. The van der Waals surface area contributed by atoms with Crippen LogP contribution in [0.1, 0.15) is 0 Å². The molecule has 442 valence electrons. The Morgan fingerprint density at radius 2 is 0.495 bits per heavy atom. The van der Waals surface area contributed by atoms with Crippen molar-refractivity contribution in [1.29, 1.82) is 0 Å². The zero-order chi connectivity index (χ0) is 62.5. The van der Waals surface area contributed by atoms with E-state index in [9.17, 15) is 0 Å². The van der Waals surface area contributed by atoms with Gasteiger partial charge in [-0.1, -0.05) is 291 Å². The highest BCUT2D eigenvalue weighted by molar-refractivity contribution is 7.00. The molecular formula is C90H59BN4. The Morgan fingerprint density at radius 3 is 0.853 bits per heavy atom. The zero-order valence-electron chi connectivity index (χ0n) is 51.9. The summed E-state index contributed by atoms with van der Waals surface area (Å²) in [6, 6.07) is 133. The van der Waals surface area contributed by atoms with Gasteiger partial charge in [-0.2, -0.15) is 0 Å². The van der Waals surface area contributed by atoms with E-state index in [2.05, 4.69) is 377 Å². The largest absolute Gasteiger partial charge is 0.310 e. The summed E-state index contributed by atoms with van der Waals surface area (Å²) in [5.41, 5.74) is 30.8. The van der Waals surface area contributed by atoms with E-state index < -0.39 is 0 Å². The average molecular weight is 1210 g/mol. The molecule has 2 aliphatic heterocycles. The van der Waals surface area contributed by atoms with Crippen LogP contribution >= 0.6 is 0 Å². The van der Waals surface area contributed by atoms with Crippen molar-refractivity contribution in [2.45, 2.75) is 0 Å². The van der Waals surface area contributed by atoms with Gasteiger partial charge in [0.1, 0.15) is 0 Å². The molecule has 17 aromatic rings. The van der Waals surface area contributed by atoms with E-state index in [-0.39, 0.29) is 6.71 Å². The Balaban J connectivity index is 0.997. The van der Waals surface area contributed by atoms with E-state index in [1.165, 1.54) is 43.5 Å². The summed E-state index contributed by atoms with van der Waals surface area (Å²) < 4.78 is 4.97. The number of benzene rings is 15. The lowest BCUT2D eigenvalue weighted by Crippen LogP contribution is -2.61. The van der Waals surface area contributed by atoms with Gasteiger partial charge < -0.3 is 18.9 Å². The third kappa shape index (κ3) is 8.70. The van der Waals surface area contributed by atoms with Gasteiger partial charge in [0.15, 0.2) is 0 Å². The maximum atomic E-state index is 2.67. The van der Waals surface area contributed by atoms with Crippen LogP contribution in [0.25, 0.3) is 122 Å². The highest BCUT2D eigenvalue weighted by Gasteiger charge is 2.46. The Labute approximate surface area is 552 Å². The first-order valence-corrected chi connectivity index (χ1v) is 32.9. The molecule has 0 N–H and O–H groups in total. The Bertz CT molecular complexity index is 5320. The van der Waals surface area contributed by atoms with E-state index >= 15 is 0 Å². The van der Waals surface area contributed by atoms with Gasteiger partial charge in [0.25, 0.3) is 6.71 Å². The highest BCUT2D eigenvalue weighted by atomic mass is 15.2. The monoisotopic (exact) mass is 1210 g/mol. The van der Waals surface area contributed by atoms with Crippen LogP contribution in [0.5, 0.6) is 0 Å². The van der Waals surface area contributed by atoms with Gasteiger partial charge in [-0.25, -0.2) is 0 Å². The van der Waals surface area contributed by atoms with Gasteiger partial charge >= 0.3 is 0 Å². The van der Waals surface area contributed by atoms with Crippen molar-refractivity contribution in [1.82, 2.24) is 9.13 Å². The fourth-order valence-electron chi connectivity index (χ4n) is 15.8. The lowest BCUT2D eigenvalue weighted by molar-refractivity contribution is 1.17. The molecule has 0 atom stereocenters. The van der Waals surface area contributed by atoms with Gasteiger partial charge in [-0.15, -0.1) is 0 Å². The highest BCUT2D eigenvalue weighted by Crippen LogP contribution is 2.54. The van der Waals surface area contributed by atoms with Crippen molar-refractivity contribution in [2.24, 2.45) is 0 Å². The quantitative estimate of drug-likeness (QED) is 0.127. The molecule has 2 aliphatic rings. The molecule has 0 aliphatic carbocycles. The Hall–Kier alpha value is -12.4. The van der Waals surface area contributed by atoms with Gasteiger partial charge in [-0.3, -0.25) is 0 Å². The van der Waals surface area contributed by atoms with Crippen molar-refractivity contribution in [3.63, 3.8) is 0 Å². The van der Waals surface area contributed by atoms with Crippen LogP contribution in [-0.2, 0) is 0 Å². The van der Waals surface area contributed by atoms with Gasteiger partial charge in [0.05, 0.1) is 33.4 Å². The summed E-state index contributed by atoms with van der Waals surface area (Å²) in [5.74, 6) is 0. The maximum absolute atomic E-state index is 2.67. The first-order valence-electron chi connectivity index (χ1n) is 32.9. The van der Waals surface area contributed by atoms with Crippen LogP contribution in [0.2, 0.25) is 0 Å². The predicted octanol–water partition coefficient (Wildman–Crippen LogP) is 22.0. The van der Waals surface area contributed by atoms with Crippen LogP contribution in [0.3, 0.4) is 0 Å². The molecule has 0 spiro atoms. The maximum Gasteiger partial charge on any atom is 0.252 e. The average Bonchev–Trinajstić information content (AvgIpc) is 1.12. The smallest absolute Gasteiger partial charge is 0.252 e. The molecule has 15 aromatic carbocycles. The summed E-state index contributed by atoms with van der Waals surface area (Å²) in [6.45, 7) is -0.241. The van der Waals surface area contributed by atoms with Gasteiger partial charge in [0, 0.05) is 77.9 Å². The topological polar surface area (TPSA) is 16.3 Å². The summed E-state index contributed by atoms with van der Waals surface area (Å²) in [6.07, 6.45) is 0. The molecule has 0 fully saturated rings. The molecule has 0 bridgehead atoms. The zero-order valence-corrected chi connectivity index (χ0v) is 51.9. The number of rotatable bonds is 10. The molecule has 0 saturated carbocycles. The summed E-state index contributed by atoms with van der Waals surface area (Å²) in [7, 11) is 0. The van der Waals surface area contributed by atoms with E-state index in [0.29, 0.717) is 0 Å². The van der Waals surface area contributed by atoms with Crippen LogP contribution in [0.15, 0.2) is 358 Å². The fraction of sp³-hybridized carbons (Fsp3) is 0. The lowest BCUT2D eigenvalue weighted by Gasteiger charge is -2.46. The third-order valence-electron chi connectivity index (χ3n) is 19.9. The van der Waals surface area contributed by atoms with Gasteiger partial charge in [0.2, 0.25) is 0 Å². The summed E-state index contributed by atoms with van der Waals surface area (Å²) in [4.78, 5) is 5.35. The molecule has 95 heavy (non-hydrogen) atoms. The SMILES string of the molecule is c1ccc(-c2cccc(-c3cc4c5c(c3)N(c3c(-c6ccccc6)cccc3-c3ccccc3)c3cc(-n6c7ccccc7c7ccccc76)ccc3B5c3ccc(-n5c6ccccc6c6ccccc65)cc3N4c3c(-c4ccccc4)cccc3-c3ccccc3)c2)cc1. The second kappa shape index (κ2) is 22.2. The normalized spacial score (nSPS) is 12.4. The number of hydrogen-bond donors (Lipinski definition) is 0. The number of hydrogen-bond acceptors (Lipinski definition) is 2. The van der Waals surface area contributed by atoms with E-state index in [0.717, 1.165) is 129 Å². The summed E-state index contributed by atoms with van der Waals surface area (Å²) >= 11 is 0. The predicted molar refractivity (Wildman–Crippen MR) is 402 cm³/mol. The molecule has 5 heteroatoms. The molecule has 0 radical (unpaired) electrons. The fourth-order valence-corrected chi connectivity index (χ4v) is 15.8. The molecular weight excluding hydrogens is 1150 g/mol. The van der Waals surface area contributed by atoms with Crippen molar-refractivity contribution in [2.75, 3.05) is 9.80 Å². The molecule has 0 amide bonds. The van der Waals surface area contributed by atoms with Crippen molar-refractivity contribution in [3.8, 4) is 78.1 Å². The minimum atomic E-state index is -0.241. The third-order valence-corrected chi connectivity index (χ3v) is 19.9. The van der Waals surface area contributed by atoms with Crippen LogP contribution in [0.4, 0.5) is 34.1 Å². The van der Waals surface area contributed by atoms with Crippen LogP contribution < -0.4 is 26.2 Å². The Morgan fingerprint density at radius 1 is 0.200 bits per heavy atom. The molecule has 19 rings (SSSR count). The first kappa shape index (κ1) is 54.3. The standard InChI is InChI=1S/C90H59BN4/c1-6-27-60(28-7-1)65-37-24-38-66(55-65)67-56-86-88-87(57-67)95(90-72(63-33-12-4-13-34-63)45-26-46-73(90)64-35-14-5-15-36-64)85-59-69(93-82-49-22-18-41-76(82)77-42-19-23-50-83(77)93)52-54-79(85)91(88)78-53-51-68(92-80-47-20-16-39-74(80)75-40-17-21-48-81(75)92)58-84(78)94(86)89-70(61-29-8-2-9-30-61)43-25-44-71(89)62-31-10-3-11-32-62/h1-59H. The summed E-state index contributed by atoms with van der Waals surface area (Å²) in [5, 5.41) is 4.90. The second-order valence-corrected chi connectivity index (χ2v) is 25.1. The minimum Gasteiger partial charge on any atom is -0.310 e. The van der Waals surface area contributed by atoms with E-state index in [1.54, 1.807) is 0 Å². The van der Waals surface area contributed by atoms with Crippen molar-refractivity contribution in [3.05, 3.63) is 358 Å².